The minimum Gasteiger partial charge on any atom is -0.481 e. The van der Waals surface area contributed by atoms with Gasteiger partial charge in [-0.2, -0.15) is 0 Å². The molecule has 0 aromatic carbocycles. The highest BCUT2D eigenvalue weighted by Crippen LogP contribution is 2.30. The number of carbonyl (C=O) groups is 1. The van der Waals surface area contributed by atoms with Crippen LogP contribution in [0.25, 0.3) is 0 Å². The Kier molecular flexibility index (Phi) is 4.86. The largest absolute Gasteiger partial charge is 0.481 e. The SMILES string of the molecule is CC(C)(C)c1ccc(CNC2CCC(C(=O)O)CC2)s1. The van der Waals surface area contributed by atoms with Crippen molar-refractivity contribution < 1.29 is 9.90 Å². The van der Waals surface area contributed by atoms with Crippen molar-refractivity contribution >= 4 is 17.3 Å². The molecule has 2 N–H and O–H groups in total. The monoisotopic (exact) mass is 295 g/mol. The Morgan fingerprint density at radius 3 is 2.45 bits per heavy atom. The smallest absolute Gasteiger partial charge is 0.306 e. The lowest BCUT2D eigenvalue weighted by atomic mass is 9.86. The van der Waals surface area contributed by atoms with Crippen molar-refractivity contribution in [3.8, 4) is 0 Å². The van der Waals surface area contributed by atoms with Gasteiger partial charge in [-0.15, -0.1) is 11.3 Å². The first-order chi connectivity index (χ1) is 9.36. The van der Waals surface area contributed by atoms with Crippen molar-refractivity contribution in [1.82, 2.24) is 5.32 Å². The summed E-state index contributed by atoms with van der Waals surface area (Å²) in [5, 5.41) is 12.6. The number of nitrogens with one attached hydrogen (secondary N) is 1. The molecule has 0 amide bonds. The van der Waals surface area contributed by atoms with Crippen LogP contribution in [-0.2, 0) is 16.8 Å². The van der Waals surface area contributed by atoms with Crippen LogP contribution in [0.5, 0.6) is 0 Å². The van der Waals surface area contributed by atoms with E-state index in [1.54, 1.807) is 0 Å². The molecule has 2 rings (SSSR count). The predicted octanol–water partition coefficient (Wildman–Crippen LogP) is 3.78. The van der Waals surface area contributed by atoms with E-state index in [2.05, 4.69) is 38.2 Å². The summed E-state index contributed by atoms with van der Waals surface area (Å²) in [6.45, 7) is 7.62. The highest BCUT2D eigenvalue weighted by Gasteiger charge is 2.25. The van der Waals surface area contributed by atoms with Crippen LogP contribution in [0, 0.1) is 5.92 Å². The van der Waals surface area contributed by atoms with Gasteiger partial charge in [0.1, 0.15) is 0 Å². The third-order valence-electron chi connectivity index (χ3n) is 4.04. The molecule has 0 radical (unpaired) electrons. The summed E-state index contributed by atoms with van der Waals surface area (Å²) < 4.78 is 0. The van der Waals surface area contributed by atoms with Crippen LogP contribution in [0.1, 0.15) is 56.2 Å². The molecule has 1 saturated carbocycles. The van der Waals surface area contributed by atoms with E-state index in [1.165, 1.54) is 9.75 Å². The van der Waals surface area contributed by atoms with E-state index in [-0.39, 0.29) is 11.3 Å². The van der Waals surface area contributed by atoms with Crippen LogP contribution in [0.15, 0.2) is 12.1 Å². The second kappa shape index (κ2) is 6.27. The average Bonchev–Trinajstić information content (AvgIpc) is 2.85. The number of rotatable bonds is 4. The molecular formula is C16H25NO2S. The van der Waals surface area contributed by atoms with E-state index in [0.717, 1.165) is 32.2 Å². The first kappa shape index (κ1) is 15.5. The second-order valence-electron chi connectivity index (χ2n) is 6.78. The van der Waals surface area contributed by atoms with Crippen LogP contribution < -0.4 is 5.32 Å². The molecule has 1 fully saturated rings. The van der Waals surface area contributed by atoms with Gasteiger partial charge in [-0.3, -0.25) is 4.79 Å². The third-order valence-corrected chi connectivity index (χ3v) is 5.55. The maximum absolute atomic E-state index is 10.9. The van der Waals surface area contributed by atoms with E-state index >= 15 is 0 Å². The van der Waals surface area contributed by atoms with Crippen molar-refractivity contribution in [2.75, 3.05) is 0 Å². The predicted molar refractivity (Wildman–Crippen MR) is 83.2 cm³/mol. The number of hydrogen-bond acceptors (Lipinski definition) is 3. The van der Waals surface area contributed by atoms with E-state index in [0.29, 0.717) is 6.04 Å². The summed E-state index contributed by atoms with van der Waals surface area (Å²) in [5.41, 5.74) is 0.225. The molecule has 0 unspecified atom stereocenters. The van der Waals surface area contributed by atoms with Crippen molar-refractivity contribution in [3.63, 3.8) is 0 Å². The van der Waals surface area contributed by atoms with E-state index < -0.39 is 5.97 Å². The molecule has 0 spiro atoms. The molecule has 1 aromatic heterocycles. The molecule has 112 valence electrons. The average molecular weight is 295 g/mol. The molecule has 0 saturated heterocycles. The molecule has 1 aromatic rings. The highest BCUT2D eigenvalue weighted by atomic mass is 32.1. The van der Waals surface area contributed by atoms with Gasteiger partial charge in [0.15, 0.2) is 0 Å². The molecule has 1 heterocycles. The summed E-state index contributed by atoms with van der Waals surface area (Å²) in [7, 11) is 0. The zero-order chi connectivity index (χ0) is 14.8. The molecule has 0 atom stereocenters. The lowest BCUT2D eigenvalue weighted by Crippen LogP contribution is -2.34. The Labute approximate surface area is 125 Å². The first-order valence-corrected chi connectivity index (χ1v) is 8.23. The number of hydrogen-bond donors (Lipinski definition) is 2. The topological polar surface area (TPSA) is 49.3 Å². The molecular weight excluding hydrogens is 270 g/mol. The van der Waals surface area contributed by atoms with E-state index in [9.17, 15) is 4.79 Å². The lowest BCUT2D eigenvalue weighted by Gasteiger charge is -2.26. The molecule has 4 heteroatoms. The molecule has 1 aliphatic rings. The maximum Gasteiger partial charge on any atom is 0.306 e. The van der Waals surface area contributed by atoms with Crippen LogP contribution in [-0.4, -0.2) is 17.1 Å². The zero-order valence-electron chi connectivity index (χ0n) is 12.6. The van der Waals surface area contributed by atoms with Gasteiger partial charge in [-0.05, 0) is 43.2 Å². The fourth-order valence-electron chi connectivity index (χ4n) is 2.67. The van der Waals surface area contributed by atoms with Crippen LogP contribution in [0.4, 0.5) is 0 Å². The van der Waals surface area contributed by atoms with Crippen LogP contribution in [0.3, 0.4) is 0 Å². The summed E-state index contributed by atoms with van der Waals surface area (Å²) in [6.07, 6.45) is 3.58. The molecule has 20 heavy (non-hydrogen) atoms. The lowest BCUT2D eigenvalue weighted by molar-refractivity contribution is -0.142. The van der Waals surface area contributed by atoms with Gasteiger partial charge >= 0.3 is 5.97 Å². The minimum atomic E-state index is -0.628. The van der Waals surface area contributed by atoms with E-state index in [1.807, 2.05) is 11.3 Å². The van der Waals surface area contributed by atoms with Gasteiger partial charge in [0.25, 0.3) is 0 Å². The third kappa shape index (κ3) is 4.06. The summed E-state index contributed by atoms with van der Waals surface area (Å²) >= 11 is 1.88. The molecule has 0 bridgehead atoms. The fraction of sp³-hybridized carbons (Fsp3) is 0.688. The fourth-order valence-corrected chi connectivity index (χ4v) is 3.68. The van der Waals surface area contributed by atoms with Gasteiger partial charge in [-0.1, -0.05) is 20.8 Å². The maximum atomic E-state index is 10.9. The Hall–Kier alpha value is -0.870. The normalized spacial score (nSPS) is 23.8. The van der Waals surface area contributed by atoms with Crippen molar-refractivity contribution in [1.29, 1.82) is 0 Å². The van der Waals surface area contributed by atoms with Crippen molar-refractivity contribution in [2.45, 2.75) is 64.5 Å². The number of carboxylic acids is 1. The Morgan fingerprint density at radius 2 is 1.95 bits per heavy atom. The van der Waals surface area contributed by atoms with Crippen LogP contribution >= 0.6 is 11.3 Å². The first-order valence-electron chi connectivity index (χ1n) is 7.41. The second-order valence-corrected chi connectivity index (χ2v) is 7.95. The minimum absolute atomic E-state index is 0.123. The summed E-state index contributed by atoms with van der Waals surface area (Å²) in [5.74, 6) is -0.751. The van der Waals surface area contributed by atoms with Gasteiger partial charge in [0.05, 0.1) is 5.92 Å². The molecule has 0 aliphatic heterocycles. The van der Waals surface area contributed by atoms with Gasteiger partial charge in [-0.25, -0.2) is 0 Å². The number of aliphatic carboxylic acids is 1. The van der Waals surface area contributed by atoms with Gasteiger partial charge in [0.2, 0.25) is 0 Å². The van der Waals surface area contributed by atoms with Crippen molar-refractivity contribution in [2.24, 2.45) is 5.92 Å². The Balaban J connectivity index is 1.79. The van der Waals surface area contributed by atoms with Crippen molar-refractivity contribution in [3.05, 3.63) is 21.9 Å². The molecule has 1 aliphatic carbocycles. The van der Waals surface area contributed by atoms with E-state index in [4.69, 9.17) is 5.11 Å². The highest BCUT2D eigenvalue weighted by molar-refractivity contribution is 7.12. The van der Waals surface area contributed by atoms with Gasteiger partial charge < -0.3 is 10.4 Å². The quantitative estimate of drug-likeness (QED) is 0.888. The van der Waals surface area contributed by atoms with Crippen LogP contribution in [0.2, 0.25) is 0 Å². The summed E-state index contributed by atoms with van der Waals surface area (Å²) in [4.78, 5) is 13.7. The Bertz CT molecular complexity index is 453. The number of thiophene rings is 1. The number of carboxylic acid groups (broad SMARTS) is 1. The zero-order valence-corrected chi connectivity index (χ0v) is 13.4. The standard InChI is InChI=1S/C16H25NO2S/c1-16(2,3)14-9-8-13(20-14)10-17-12-6-4-11(5-7-12)15(18)19/h8-9,11-12,17H,4-7,10H2,1-3H3,(H,18,19). The van der Waals surface area contributed by atoms with Gasteiger partial charge in [0, 0.05) is 22.3 Å². The summed E-state index contributed by atoms with van der Waals surface area (Å²) in [6, 6.07) is 4.91. The molecule has 3 nitrogen and oxygen atoms in total. The Morgan fingerprint density at radius 1 is 1.30 bits per heavy atom.